The lowest BCUT2D eigenvalue weighted by Crippen LogP contribution is -2.34. The quantitative estimate of drug-likeness (QED) is 0.787. The lowest BCUT2D eigenvalue weighted by atomic mass is 10.1. The van der Waals surface area contributed by atoms with Crippen molar-refractivity contribution in [2.75, 3.05) is 39.8 Å². The zero-order valence-electron chi connectivity index (χ0n) is 12.7. The van der Waals surface area contributed by atoms with Crippen molar-refractivity contribution >= 4 is 5.91 Å². The minimum Gasteiger partial charge on any atom is -0.384 e. The van der Waals surface area contributed by atoms with E-state index in [1.54, 1.807) is 0 Å². The van der Waals surface area contributed by atoms with E-state index in [0.29, 0.717) is 5.56 Å². The first-order valence-electron chi connectivity index (χ1n) is 7.29. The Kier molecular flexibility index (Phi) is 5.38. The van der Waals surface area contributed by atoms with Crippen molar-refractivity contribution in [3.8, 4) is 11.8 Å². The Hall–Kier alpha value is -1.83. The average Bonchev–Trinajstić information content (AvgIpc) is 2.68. The van der Waals surface area contributed by atoms with E-state index in [9.17, 15) is 4.79 Å². The number of rotatable bonds is 1. The fraction of sp³-hybridized carbons (Fsp3) is 0.471. The first-order chi connectivity index (χ1) is 10.1. The van der Waals surface area contributed by atoms with E-state index >= 15 is 0 Å². The number of likely N-dealkylation sites (N-methyl/N-ethyl adjacent to an activating group) is 1. The highest BCUT2D eigenvalue weighted by atomic mass is 16.2. The van der Waals surface area contributed by atoms with Gasteiger partial charge in [0.2, 0.25) is 0 Å². The molecule has 1 N–H and O–H groups in total. The van der Waals surface area contributed by atoms with Gasteiger partial charge in [-0.1, -0.05) is 11.8 Å². The number of carbonyl (C=O) groups excluding carboxylic acids is 1. The number of aliphatic hydroxyl groups is 1. The smallest absolute Gasteiger partial charge is 0.253 e. The third kappa shape index (κ3) is 4.32. The Morgan fingerprint density at radius 1 is 1.24 bits per heavy atom. The van der Waals surface area contributed by atoms with Crippen LogP contribution in [0.3, 0.4) is 0 Å². The topological polar surface area (TPSA) is 43.8 Å². The van der Waals surface area contributed by atoms with Gasteiger partial charge in [0.15, 0.2) is 0 Å². The predicted octanol–water partition coefficient (Wildman–Crippen LogP) is 1.12. The van der Waals surface area contributed by atoms with Gasteiger partial charge in [0.05, 0.1) is 0 Å². The molecule has 0 aromatic heterocycles. The SMILES string of the molecule is Cc1cc(C#CCO)cc(C(=O)N2CCCN(C)CC2)c1. The highest BCUT2D eigenvalue weighted by molar-refractivity contribution is 5.94. The van der Waals surface area contributed by atoms with Crippen LogP contribution >= 0.6 is 0 Å². The molecule has 0 aliphatic carbocycles. The summed E-state index contributed by atoms with van der Waals surface area (Å²) in [5.41, 5.74) is 2.47. The van der Waals surface area contributed by atoms with Gasteiger partial charge in [-0.3, -0.25) is 4.79 Å². The van der Waals surface area contributed by atoms with Gasteiger partial charge < -0.3 is 14.9 Å². The minimum atomic E-state index is -0.171. The number of nitrogens with zero attached hydrogens (tertiary/aromatic N) is 2. The van der Waals surface area contributed by atoms with E-state index in [1.807, 2.05) is 30.0 Å². The Morgan fingerprint density at radius 2 is 2.05 bits per heavy atom. The van der Waals surface area contributed by atoms with Crippen molar-refractivity contribution in [3.05, 3.63) is 34.9 Å². The number of benzene rings is 1. The molecular weight excluding hydrogens is 264 g/mol. The van der Waals surface area contributed by atoms with Crippen LogP contribution in [0.4, 0.5) is 0 Å². The summed E-state index contributed by atoms with van der Waals surface area (Å²) in [7, 11) is 2.09. The van der Waals surface area contributed by atoms with Crippen LogP contribution in [0.2, 0.25) is 0 Å². The number of amides is 1. The summed E-state index contributed by atoms with van der Waals surface area (Å²) < 4.78 is 0. The number of aryl methyl sites for hydroxylation is 1. The maximum atomic E-state index is 12.6. The summed E-state index contributed by atoms with van der Waals surface area (Å²) >= 11 is 0. The summed E-state index contributed by atoms with van der Waals surface area (Å²) in [5, 5.41) is 8.78. The number of carbonyl (C=O) groups is 1. The number of hydrogen-bond acceptors (Lipinski definition) is 3. The molecule has 0 spiro atoms. The largest absolute Gasteiger partial charge is 0.384 e. The van der Waals surface area contributed by atoms with E-state index in [2.05, 4.69) is 23.8 Å². The molecule has 1 heterocycles. The standard InChI is InChI=1S/C17H22N2O2/c1-14-11-15(5-3-10-20)13-16(12-14)17(21)19-7-4-6-18(2)8-9-19/h11-13,20H,4,6-10H2,1-2H3. The van der Waals surface area contributed by atoms with Crippen LogP contribution in [0, 0.1) is 18.8 Å². The van der Waals surface area contributed by atoms with E-state index in [4.69, 9.17) is 5.11 Å². The van der Waals surface area contributed by atoms with Gasteiger partial charge in [-0.2, -0.15) is 0 Å². The molecule has 1 amide bonds. The average molecular weight is 286 g/mol. The van der Waals surface area contributed by atoms with Crippen LogP contribution in [0.25, 0.3) is 0 Å². The molecule has 4 heteroatoms. The number of aliphatic hydroxyl groups excluding tert-OH is 1. The molecule has 0 radical (unpaired) electrons. The van der Waals surface area contributed by atoms with Gasteiger partial charge in [0.1, 0.15) is 6.61 Å². The van der Waals surface area contributed by atoms with Crippen LogP contribution in [-0.2, 0) is 0 Å². The molecule has 0 bridgehead atoms. The second kappa shape index (κ2) is 7.26. The van der Waals surface area contributed by atoms with Gasteiger partial charge >= 0.3 is 0 Å². The summed E-state index contributed by atoms with van der Waals surface area (Å²) in [4.78, 5) is 16.8. The molecule has 0 unspecified atom stereocenters. The van der Waals surface area contributed by atoms with E-state index in [1.165, 1.54) is 0 Å². The zero-order valence-corrected chi connectivity index (χ0v) is 12.7. The highest BCUT2D eigenvalue weighted by Crippen LogP contribution is 2.13. The first kappa shape index (κ1) is 15.6. The van der Waals surface area contributed by atoms with E-state index < -0.39 is 0 Å². The molecule has 1 aliphatic heterocycles. The van der Waals surface area contributed by atoms with Gasteiger partial charge in [0, 0.05) is 30.8 Å². The van der Waals surface area contributed by atoms with Crippen LogP contribution in [-0.4, -0.2) is 60.6 Å². The van der Waals surface area contributed by atoms with Gasteiger partial charge in [-0.25, -0.2) is 0 Å². The minimum absolute atomic E-state index is 0.0704. The Labute approximate surface area is 126 Å². The molecule has 0 atom stereocenters. The van der Waals surface area contributed by atoms with Crippen LogP contribution in [0.1, 0.15) is 27.9 Å². The zero-order chi connectivity index (χ0) is 15.2. The molecule has 1 fully saturated rings. The van der Waals surface area contributed by atoms with E-state index in [0.717, 1.165) is 43.7 Å². The first-order valence-corrected chi connectivity index (χ1v) is 7.29. The highest BCUT2D eigenvalue weighted by Gasteiger charge is 2.19. The van der Waals surface area contributed by atoms with Crippen LogP contribution in [0.15, 0.2) is 18.2 Å². The van der Waals surface area contributed by atoms with Gasteiger partial charge in [-0.05, 0) is 50.7 Å². The molecule has 1 aromatic carbocycles. The second-order valence-electron chi connectivity index (χ2n) is 5.50. The van der Waals surface area contributed by atoms with Crippen LogP contribution < -0.4 is 0 Å². The molecule has 2 rings (SSSR count). The van der Waals surface area contributed by atoms with Crippen molar-refractivity contribution < 1.29 is 9.90 Å². The molecule has 1 saturated heterocycles. The summed E-state index contributed by atoms with van der Waals surface area (Å²) in [5.74, 6) is 5.57. The molecule has 4 nitrogen and oxygen atoms in total. The monoisotopic (exact) mass is 286 g/mol. The van der Waals surface area contributed by atoms with Crippen molar-refractivity contribution in [1.82, 2.24) is 9.80 Å². The Bertz CT molecular complexity index is 572. The molecule has 1 aromatic rings. The van der Waals surface area contributed by atoms with Crippen molar-refractivity contribution in [2.24, 2.45) is 0 Å². The Balaban J connectivity index is 2.20. The van der Waals surface area contributed by atoms with Crippen molar-refractivity contribution in [2.45, 2.75) is 13.3 Å². The normalized spacial score (nSPS) is 16.0. The van der Waals surface area contributed by atoms with E-state index in [-0.39, 0.29) is 12.5 Å². The van der Waals surface area contributed by atoms with Crippen molar-refractivity contribution in [3.63, 3.8) is 0 Å². The Morgan fingerprint density at radius 3 is 2.81 bits per heavy atom. The fourth-order valence-corrected chi connectivity index (χ4v) is 2.55. The maximum absolute atomic E-state index is 12.6. The predicted molar refractivity (Wildman–Crippen MR) is 83.2 cm³/mol. The lowest BCUT2D eigenvalue weighted by Gasteiger charge is -2.21. The second-order valence-corrected chi connectivity index (χ2v) is 5.50. The summed E-state index contributed by atoms with van der Waals surface area (Å²) in [6.45, 7) is 5.29. The third-order valence-electron chi connectivity index (χ3n) is 3.64. The molecular formula is C17H22N2O2. The van der Waals surface area contributed by atoms with Crippen LogP contribution in [0.5, 0.6) is 0 Å². The van der Waals surface area contributed by atoms with Gasteiger partial charge in [-0.15, -0.1) is 0 Å². The molecule has 1 aliphatic rings. The number of hydrogen-bond donors (Lipinski definition) is 1. The maximum Gasteiger partial charge on any atom is 0.253 e. The molecule has 21 heavy (non-hydrogen) atoms. The van der Waals surface area contributed by atoms with Gasteiger partial charge in [0.25, 0.3) is 5.91 Å². The fourth-order valence-electron chi connectivity index (χ4n) is 2.55. The molecule has 112 valence electrons. The summed E-state index contributed by atoms with van der Waals surface area (Å²) in [6, 6.07) is 5.64. The molecule has 0 saturated carbocycles. The summed E-state index contributed by atoms with van der Waals surface area (Å²) in [6.07, 6.45) is 1.01. The lowest BCUT2D eigenvalue weighted by molar-refractivity contribution is 0.0762. The third-order valence-corrected chi connectivity index (χ3v) is 3.64. The van der Waals surface area contributed by atoms with Crippen molar-refractivity contribution in [1.29, 1.82) is 0 Å².